The first-order valence-electron chi connectivity index (χ1n) is 9.40. The summed E-state index contributed by atoms with van der Waals surface area (Å²) in [5.41, 5.74) is 5.83. The molecule has 1 heteroatoms. The van der Waals surface area contributed by atoms with Crippen LogP contribution in [0.15, 0.2) is 36.4 Å². The lowest BCUT2D eigenvalue weighted by molar-refractivity contribution is 0.423. The van der Waals surface area contributed by atoms with Crippen molar-refractivity contribution in [3.8, 4) is 0 Å². The number of nitrogens with zero attached hydrogens (tertiary/aromatic N) is 1. The van der Waals surface area contributed by atoms with Gasteiger partial charge in [0.05, 0.1) is 0 Å². The molecule has 0 radical (unpaired) electrons. The maximum atomic E-state index is 2.50. The molecule has 3 rings (SSSR count). The van der Waals surface area contributed by atoms with Gasteiger partial charge >= 0.3 is 0 Å². The van der Waals surface area contributed by atoms with Gasteiger partial charge in [0.15, 0.2) is 0 Å². The van der Waals surface area contributed by atoms with E-state index in [1.165, 1.54) is 32.9 Å². The van der Waals surface area contributed by atoms with Crippen LogP contribution in [0.25, 0.3) is 21.8 Å². The lowest BCUT2D eigenvalue weighted by atomic mass is 9.85. The van der Waals surface area contributed by atoms with Crippen LogP contribution in [-0.4, -0.2) is 4.57 Å². The Hall–Kier alpha value is -1.76. The Morgan fingerprint density at radius 3 is 1.20 bits per heavy atom. The molecule has 0 aliphatic rings. The van der Waals surface area contributed by atoms with Gasteiger partial charge < -0.3 is 4.57 Å². The van der Waals surface area contributed by atoms with Gasteiger partial charge in [-0.2, -0.15) is 0 Å². The molecule has 1 aromatic heterocycles. The molecule has 0 saturated carbocycles. The molecule has 0 fully saturated rings. The van der Waals surface area contributed by atoms with E-state index in [9.17, 15) is 0 Å². The second kappa shape index (κ2) is 5.37. The third kappa shape index (κ3) is 3.10. The van der Waals surface area contributed by atoms with Crippen molar-refractivity contribution in [2.24, 2.45) is 0 Å². The summed E-state index contributed by atoms with van der Waals surface area (Å²) < 4.78 is 2.50. The van der Waals surface area contributed by atoms with Crippen molar-refractivity contribution in [2.75, 3.05) is 0 Å². The molecule has 0 bridgehead atoms. The third-order valence-corrected chi connectivity index (χ3v) is 5.17. The molecule has 1 nitrogen and oxygen atoms in total. The Labute approximate surface area is 153 Å². The summed E-state index contributed by atoms with van der Waals surface area (Å²) in [5.74, 6) is 0. The van der Waals surface area contributed by atoms with E-state index in [2.05, 4.69) is 103 Å². The molecule has 0 aliphatic carbocycles. The van der Waals surface area contributed by atoms with Crippen molar-refractivity contribution >= 4 is 21.8 Å². The Bertz CT molecular complexity index is 863. The molecule has 0 unspecified atom stereocenters. The molecule has 0 saturated heterocycles. The molecular weight excluding hydrogens is 302 g/mol. The van der Waals surface area contributed by atoms with E-state index in [0.717, 1.165) is 0 Å². The summed E-state index contributed by atoms with van der Waals surface area (Å²) in [6.07, 6.45) is 0. The van der Waals surface area contributed by atoms with Gasteiger partial charge in [-0.3, -0.25) is 0 Å². The molecule has 1 heterocycles. The second-order valence-corrected chi connectivity index (χ2v) is 10.5. The van der Waals surface area contributed by atoms with Crippen LogP contribution in [0.2, 0.25) is 0 Å². The standard InChI is InChI=1S/C24H33N/c1-22(2,3)16-10-12-20-18(14-16)19-15-17(23(4,5)6)11-13-21(19)25(20)24(7,8)9/h10-15H,1-9H3. The Balaban J connectivity index is 2.47. The van der Waals surface area contributed by atoms with Gasteiger partial charge in [0.1, 0.15) is 0 Å². The van der Waals surface area contributed by atoms with E-state index in [0.29, 0.717) is 0 Å². The normalized spacial score (nSPS) is 13.8. The highest BCUT2D eigenvalue weighted by Crippen LogP contribution is 2.38. The first-order valence-corrected chi connectivity index (χ1v) is 9.40. The smallest absolute Gasteiger partial charge is 0.0496 e. The predicted molar refractivity (Wildman–Crippen MR) is 112 cm³/mol. The van der Waals surface area contributed by atoms with E-state index in [1.54, 1.807) is 0 Å². The molecule has 3 aromatic rings. The van der Waals surface area contributed by atoms with E-state index in [4.69, 9.17) is 0 Å². The van der Waals surface area contributed by atoms with Crippen molar-refractivity contribution < 1.29 is 0 Å². The van der Waals surface area contributed by atoms with Crippen LogP contribution in [0.5, 0.6) is 0 Å². The minimum atomic E-state index is 0.0481. The van der Waals surface area contributed by atoms with Crippen LogP contribution < -0.4 is 0 Å². The minimum Gasteiger partial charge on any atom is -0.335 e. The van der Waals surface area contributed by atoms with Crippen LogP contribution in [0.3, 0.4) is 0 Å². The Kier molecular flexibility index (Phi) is 3.87. The average Bonchev–Trinajstić information content (AvgIpc) is 2.77. The van der Waals surface area contributed by atoms with E-state index >= 15 is 0 Å². The summed E-state index contributed by atoms with van der Waals surface area (Å²) in [4.78, 5) is 0. The first-order chi connectivity index (χ1) is 11.3. The summed E-state index contributed by atoms with van der Waals surface area (Å²) in [7, 11) is 0. The zero-order valence-electron chi connectivity index (χ0n) is 17.4. The van der Waals surface area contributed by atoms with E-state index in [-0.39, 0.29) is 16.4 Å². The maximum absolute atomic E-state index is 2.50. The highest BCUT2D eigenvalue weighted by Gasteiger charge is 2.24. The van der Waals surface area contributed by atoms with Crippen molar-refractivity contribution in [3.05, 3.63) is 47.5 Å². The summed E-state index contributed by atoms with van der Waals surface area (Å²) >= 11 is 0. The molecule has 0 aliphatic heterocycles. The van der Waals surface area contributed by atoms with Crippen LogP contribution in [0.4, 0.5) is 0 Å². The number of aromatic nitrogens is 1. The number of hydrogen-bond donors (Lipinski definition) is 0. The summed E-state index contributed by atoms with van der Waals surface area (Å²) in [6.45, 7) is 20.6. The van der Waals surface area contributed by atoms with Gasteiger partial charge in [-0.25, -0.2) is 0 Å². The summed E-state index contributed by atoms with van der Waals surface area (Å²) in [5, 5.41) is 2.76. The molecule has 0 spiro atoms. The number of rotatable bonds is 0. The van der Waals surface area contributed by atoms with Crippen molar-refractivity contribution in [1.82, 2.24) is 4.57 Å². The molecule has 25 heavy (non-hydrogen) atoms. The quantitative estimate of drug-likeness (QED) is 0.411. The second-order valence-electron chi connectivity index (χ2n) is 10.5. The van der Waals surface area contributed by atoms with Gasteiger partial charge in [-0.1, -0.05) is 53.7 Å². The van der Waals surface area contributed by atoms with Crippen molar-refractivity contribution in [2.45, 2.75) is 78.7 Å². The zero-order valence-corrected chi connectivity index (χ0v) is 17.4. The third-order valence-electron chi connectivity index (χ3n) is 5.17. The fraction of sp³-hybridized carbons (Fsp3) is 0.500. The van der Waals surface area contributed by atoms with Crippen molar-refractivity contribution in [1.29, 1.82) is 0 Å². The Morgan fingerprint density at radius 2 is 0.920 bits per heavy atom. The van der Waals surface area contributed by atoms with Crippen molar-refractivity contribution in [3.63, 3.8) is 0 Å². The molecule has 134 valence electrons. The summed E-state index contributed by atoms with van der Waals surface area (Å²) in [6, 6.07) is 14.1. The van der Waals surface area contributed by atoms with Crippen LogP contribution in [0, 0.1) is 0 Å². The molecule has 2 aromatic carbocycles. The highest BCUT2D eigenvalue weighted by atomic mass is 15.0. The van der Waals surface area contributed by atoms with Crippen LogP contribution >= 0.6 is 0 Å². The fourth-order valence-corrected chi connectivity index (χ4v) is 3.68. The van der Waals surface area contributed by atoms with E-state index in [1.807, 2.05) is 0 Å². The van der Waals surface area contributed by atoms with Gasteiger partial charge in [0.25, 0.3) is 0 Å². The first kappa shape index (κ1) is 18.0. The minimum absolute atomic E-state index is 0.0481. The average molecular weight is 336 g/mol. The predicted octanol–water partition coefficient (Wildman–Crippen LogP) is 7.14. The van der Waals surface area contributed by atoms with Crippen LogP contribution in [-0.2, 0) is 16.4 Å². The Morgan fingerprint density at radius 1 is 0.560 bits per heavy atom. The van der Waals surface area contributed by atoms with Gasteiger partial charge in [0.2, 0.25) is 0 Å². The lowest BCUT2D eigenvalue weighted by Gasteiger charge is -2.25. The lowest BCUT2D eigenvalue weighted by Crippen LogP contribution is -2.21. The highest BCUT2D eigenvalue weighted by molar-refractivity contribution is 6.09. The number of benzene rings is 2. The molecule has 0 amide bonds. The zero-order chi connectivity index (χ0) is 18.8. The fourth-order valence-electron chi connectivity index (χ4n) is 3.68. The molecular formula is C24H33N. The van der Waals surface area contributed by atoms with Gasteiger partial charge in [-0.15, -0.1) is 0 Å². The SMILES string of the molecule is CC(C)(C)c1ccc2c(c1)c1cc(C(C)(C)C)ccc1n2C(C)(C)C. The van der Waals surface area contributed by atoms with E-state index < -0.39 is 0 Å². The number of fused-ring (bicyclic) bond motifs is 3. The largest absolute Gasteiger partial charge is 0.335 e. The maximum Gasteiger partial charge on any atom is 0.0496 e. The molecule has 0 N–H and O–H groups in total. The monoisotopic (exact) mass is 335 g/mol. The topological polar surface area (TPSA) is 4.93 Å². The molecule has 0 atom stereocenters. The van der Waals surface area contributed by atoms with Crippen LogP contribution in [0.1, 0.15) is 73.4 Å². The van der Waals surface area contributed by atoms with Gasteiger partial charge in [0, 0.05) is 27.3 Å². The number of hydrogen-bond acceptors (Lipinski definition) is 0. The van der Waals surface area contributed by atoms with Gasteiger partial charge in [-0.05, 0) is 67.0 Å².